The maximum atomic E-state index is 5.62. The molecule has 2 aromatic rings. The van der Waals surface area contributed by atoms with E-state index in [4.69, 9.17) is 4.74 Å². The van der Waals surface area contributed by atoms with Gasteiger partial charge in [-0.2, -0.15) is 10.1 Å². The standard InChI is InChI=1S/C13H19N5O.ClH/c1-18(6-2-4-11-5-3-7-19-11)13-14-8-10-9-15-17-12(10)16-13;/h8-9,11H,2-7H2,1H3,(H,14,15,16,17);1H. The lowest BCUT2D eigenvalue weighted by Crippen LogP contribution is -2.22. The van der Waals surface area contributed by atoms with Gasteiger partial charge in [-0.15, -0.1) is 12.4 Å². The normalized spacial score (nSPS) is 18.1. The van der Waals surface area contributed by atoms with Crippen molar-refractivity contribution in [1.82, 2.24) is 20.2 Å². The zero-order valence-electron chi connectivity index (χ0n) is 11.6. The van der Waals surface area contributed by atoms with E-state index in [9.17, 15) is 0 Å². The Morgan fingerprint density at radius 2 is 2.35 bits per heavy atom. The van der Waals surface area contributed by atoms with Crippen LogP contribution in [0.3, 0.4) is 0 Å². The molecule has 1 atom stereocenters. The molecule has 0 bridgehead atoms. The molecule has 1 N–H and O–H groups in total. The molecule has 0 spiro atoms. The Labute approximate surface area is 124 Å². The third-order valence-electron chi connectivity index (χ3n) is 3.56. The molecule has 3 heterocycles. The maximum Gasteiger partial charge on any atom is 0.227 e. The SMILES string of the molecule is CN(CCCC1CCCO1)c1ncc2cn[nH]c2n1.Cl. The van der Waals surface area contributed by atoms with Crippen LogP contribution in [0.2, 0.25) is 0 Å². The van der Waals surface area contributed by atoms with Crippen LogP contribution in [0, 0.1) is 0 Å². The quantitative estimate of drug-likeness (QED) is 0.916. The van der Waals surface area contributed by atoms with E-state index < -0.39 is 0 Å². The van der Waals surface area contributed by atoms with Crippen LogP contribution in [0.5, 0.6) is 0 Å². The Bertz CT molecular complexity index is 540. The van der Waals surface area contributed by atoms with Gasteiger partial charge in [0.25, 0.3) is 0 Å². The first-order valence-electron chi connectivity index (χ1n) is 6.82. The van der Waals surface area contributed by atoms with E-state index >= 15 is 0 Å². The lowest BCUT2D eigenvalue weighted by molar-refractivity contribution is 0.103. The molecule has 0 amide bonds. The number of nitrogens with zero attached hydrogens (tertiary/aromatic N) is 4. The van der Waals surface area contributed by atoms with E-state index in [1.54, 1.807) is 12.4 Å². The Kier molecular flexibility index (Phi) is 5.14. The molecule has 0 aliphatic carbocycles. The predicted octanol–water partition coefficient (Wildman–Crippen LogP) is 2.17. The van der Waals surface area contributed by atoms with Gasteiger partial charge >= 0.3 is 0 Å². The van der Waals surface area contributed by atoms with E-state index in [0.717, 1.165) is 43.0 Å². The van der Waals surface area contributed by atoms with Gasteiger partial charge in [0.2, 0.25) is 5.95 Å². The van der Waals surface area contributed by atoms with Gasteiger partial charge in [-0.25, -0.2) is 4.98 Å². The van der Waals surface area contributed by atoms with Crippen molar-refractivity contribution in [2.24, 2.45) is 0 Å². The number of anilines is 1. The second-order valence-corrected chi connectivity index (χ2v) is 5.04. The summed E-state index contributed by atoms with van der Waals surface area (Å²) < 4.78 is 5.62. The molecule has 110 valence electrons. The minimum absolute atomic E-state index is 0. The summed E-state index contributed by atoms with van der Waals surface area (Å²) in [6.45, 7) is 1.87. The van der Waals surface area contributed by atoms with Crippen LogP contribution in [0.15, 0.2) is 12.4 Å². The van der Waals surface area contributed by atoms with Gasteiger partial charge in [-0.1, -0.05) is 0 Å². The Hall–Kier alpha value is -1.40. The summed E-state index contributed by atoms with van der Waals surface area (Å²) in [5.74, 6) is 0.740. The summed E-state index contributed by atoms with van der Waals surface area (Å²) in [6.07, 6.45) is 8.64. The lowest BCUT2D eigenvalue weighted by Gasteiger charge is -2.17. The topological polar surface area (TPSA) is 66.9 Å². The monoisotopic (exact) mass is 297 g/mol. The fourth-order valence-electron chi connectivity index (χ4n) is 2.44. The van der Waals surface area contributed by atoms with Gasteiger partial charge in [0, 0.05) is 26.4 Å². The number of aromatic amines is 1. The molecule has 0 aromatic carbocycles. The number of H-pyrrole nitrogens is 1. The molecule has 2 aromatic heterocycles. The second kappa shape index (κ2) is 6.85. The molecule has 3 rings (SSSR count). The van der Waals surface area contributed by atoms with E-state index in [-0.39, 0.29) is 12.4 Å². The van der Waals surface area contributed by atoms with Crippen molar-refractivity contribution in [3.05, 3.63) is 12.4 Å². The Morgan fingerprint density at radius 3 is 3.15 bits per heavy atom. The minimum atomic E-state index is 0. The average Bonchev–Trinajstić information content (AvgIpc) is 3.08. The first kappa shape index (κ1) is 15.0. The van der Waals surface area contributed by atoms with Crippen molar-refractivity contribution in [1.29, 1.82) is 0 Å². The van der Waals surface area contributed by atoms with Crippen molar-refractivity contribution in [2.75, 3.05) is 25.1 Å². The summed E-state index contributed by atoms with van der Waals surface area (Å²) in [5, 5.41) is 7.76. The zero-order valence-corrected chi connectivity index (χ0v) is 12.4. The predicted molar refractivity (Wildman–Crippen MR) is 80.4 cm³/mol. The molecule has 1 fully saturated rings. The number of halogens is 1. The molecule has 1 saturated heterocycles. The highest BCUT2D eigenvalue weighted by atomic mass is 35.5. The third-order valence-corrected chi connectivity index (χ3v) is 3.56. The molecular formula is C13H20ClN5O. The highest BCUT2D eigenvalue weighted by molar-refractivity contribution is 5.85. The average molecular weight is 298 g/mol. The van der Waals surface area contributed by atoms with E-state index in [2.05, 4.69) is 25.1 Å². The minimum Gasteiger partial charge on any atom is -0.378 e. The largest absolute Gasteiger partial charge is 0.378 e. The van der Waals surface area contributed by atoms with Crippen molar-refractivity contribution in [2.45, 2.75) is 31.8 Å². The summed E-state index contributed by atoms with van der Waals surface area (Å²) in [4.78, 5) is 10.9. The van der Waals surface area contributed by atoms with Crippen LogP contribution >= 0.6 is 12.4 Å². The molecule has 6 nitrogen and oxygen atoms in total. The van der Waals surface area contributed by atoms with E-state index in [1.165, 1.54) is 12.8 Å². The lowest BCUT2D eigenvalue weighted by atomic mass is 10.1. The molecule has 1 unspecified atom stereocenters. The Balaban J connectivity index is 0.00000147. The summed E-state index contributed by atoms with van der Waals surface area (Å²) in [6, 6.07) is 0. The molecule has 20 heavy (non-hydrogen) atoms. The number of nitrogens with one attached hydrogen (secondary N) is 1. The molecule has 1 aliphatic heterocycles. The fourth-order valence-corrected chi connectivity index (χ4v) is 2.44. The van der Waals surface area contributed by atoms with Gasteiger partial charge < -0.3 is 9.64 Å². The van der Waals surface area contributed by atoms with Crippen molar-refractivity contribution >= 4 is 29.4 Å². The number of hydrogen-bond donors (Lipinski definition) is 1. The number of rotatable bonds is 5. The van der Waals surface area contributed by atoms with Crippen LogP contribution in [0.4, 0.5) is 5.95 Å². The van der Waals surface area contributed by atoms with Crippen molar-refractivity contribution in [3.63, 3.8) is 0 Å². The van der Waals surface area contributed by atoms with E-state index in [1.807, 2.05) is 7.05 Å². The summed E-state index contributed by atoms with van der Waals surface area (Å²) in [5.41, 5.74) is 0.788. The van der Waals surface area contributed by atoms with E-state index in [0.29, 0.717) is 6.10 Å². The molecule has 1 aliphatic rings. The summed E-state index contributed by atoms with van der Waals surface area (Å²) in [7, 11) is 2.02. The summed E-state index contributed by atoms with van der Waals surface area (Å²) >= 11 is 0. The molecular weight excluding hydrogens is 278 g/mol. The first-order valence-corrected chi connectivity index (χ1v) is 6.82. The van der Waals surface area contributed by atoms with Crippen molar-refractivity contribution < 1.29 is 4.74 Å². The fraction of sp³-hybridized carbons (Fsp3) is 0.615. The number of ether oxygens (including phenoxy) is 1. The van der Waals surface area contributed by atoms with Crippen LogP contribution in [0.25, 0.3) is 11.0 Å². The highest BCUT2D eigenvalue weighted by Gasteiger charge is 2.15. The van der Waals surface area contributed by atoms with Gasteiger partial charge in [-0.3, -0.25) is 5.10 Å². The van der Waals surface area contributed by atoms with Crippen LogP contribution in [-0.2, 0) is 4.74 Å². The maximum absolute atomic E-state index is 5.62. The third kappa shape index (κ3) is 3.37. The zero-order chi connectivity index (χ0) is 13.1. The van der Waals surface area contributed by atoms with Gasteiger partial charge in [0.05, 0.1) is 17.7 Å². The van der Waals surface area contributed by atoms with Gasteiger partial charge in [0.15, 0.2) is 5.65 Å². The highest BCUT2D eigenvalue weighted by Crippen LogP contribution is 2.17. The number of fused-ring (bicyclic) bond motifs is 1. The van der Waals surface area contributed by atoms with Crippen LogP contribution < -0.4 is 4.90 Å². The first-order chi connectivity index (χ1) is 9.33. The van der Waals surface area contributed by atoms with Gasteiger partial charge in [0.1, 0.15) is 0 Å². The molecule has 0 saturated carbocycles. The smallest absolute Gasteiger partial charge is 0.227 e. The van der Waals surface area contributed by atoms with Crippen LogP contribution in [0.1, 0.15) is 25.7 Å². The van der Waals surface area contributed by atoms with Crippen LogP contribution in [-0.4, -0.2) is 46.5 Å². The Morgan fingerprint density at radius 1 is 1.45 bits per heavy atom. The van der Waals surface area contributed by atoms with Gasteiger partial charge in [-0.05, 0) is 25.7 Å². The number of hydrogen-bond acceptors (Lipinski definition) is 5. The molecule has 7 heteroatoms. The molecule has 0 radical (unpaired) electrons. The van der Waals surface area contributed by atoms with Crippen molar-refractivity contribution in [3.8, 4) is 0 Å². The second-order valence-electron chi connectivity index (χ2n) is 5.04. The number of aromatic nitrogens is 4.